The molecule has 28 heavy (non-hydrogen) atoms. The molecular weight excluding hydrogens is 404 g/mol. The molecule has 0 unspecified atom stereocenters. The summed E-state index contributed by atoms with van der Waals surface area (Å²) in [7, 11) is -3.75. The van der Waals surface area contributed by atoms with E-state index in [0.29, 0.717) is 13.1 Å². The highest BCUT2D eigenvalue weighted by Gasteiger charge is 2.27. The number of carbonyl (C=O) groups excluding carboxylic acids is 2. The number of nitrogens with one attached hydrogen (secondary N) is 1. The summed E-state index contributed by atoms with van der Waals surface area (Å²) < 4.78 is 31.8. The lowest BCUT2D eigenvalue weighted by atomic mass is 10.2. The molecule has 1 aliphatic rings. The molecule has 0 heterocycles. The third-order valence-electron chi connectivity index (χ3n) is 4.86. The summed E-state index contributed by atoms with van der Waals surface area (Å²) in [5, 5.41) is 2.93. The van der Waals surface area contributed by atoms with Gasteiger partial charge in [-0.1, -0.05) is 38.3 Å². The first-order chi connectivity index (χ1) is 13.2. The SMILES string of the molecule is CCN(CC)S(=O)(=O)c1ccc(Cl)c(C(=O)O[C@@H](C)C(=O)NC2CCCC2)c1. The molecule has 0 aromatic heterocycles. The minimum Gasteiger partial charge on any atom is -0.449 e. The van der Waals surface area contributed by atoms with Gasteiger partial charge in [-0.05, 0) is 38.0 Å². The minimum absolute atomic E-state index is 0.0457. The highest BCUT2D eigenvalue weighted by atomic mass is 35.5. The van der Waals surface area contributed by atoms with Crippen LogP contribution >= 0.6 is 11.6 Å². The predicted octanol–water partition coefficient (Wildman–Crippen LogP) is 2.97. The normalized spacial score (nSPS) is 16.2. The van der Waals surface area contributed by atoms with E-state index in [1.807, 2.05) is 0 Å². The first kappa shape index (κ1) is 22.6. The second-order valence-electron chi connectivity index (χ2n) is 6.77. The lowest BCUT2D eigenvalue weighted by Crippen LogP contribution is -2.40. The Bertz CT molecular complexity index is 818. The number of ether oxygens (including phenoxy) is 1. The summed E-state index contributed by atoms with van der Waals surface area (Å²) in [4.78, 5) is 24.7. The molecule has 7 nitrogen and oxygen atoms in total. The van der Waals surface area contributed by atoms with Crippen LogP contribution in [0.4, 0.5) is 0 Å². The van der Waals surface area contributed by atoms with Crippen molar-refractivity contribution in [3.63, 3.8) is 0 Å². The van der Waals surface area contributed by atoms with Gasteiger partial charge in [-0.3, -0.25) is 4.79 Å². The fourth-order valence-electron chi connectivity index (χ4n) is 3.20. The maximum absolute atomic E-state index is 12.7. The molecule has 1 N–H and O–H groups in total. The second-order valence-corrected chi connectivity index (χ2v) is 9.11. The number of sulfonamides is 1. The Morgan fingerprint density at radius 3 is 2.43 bits per heavy atom. The van der Waals surface area contributed by atoms with Crippen LogP contribution in [0.3, 0.4) is 0 Å². The van der Waals surface area contributed by atoms with Crippen LogP contribution in [-0.2, 0) is 19.6 Å². The van der Waals surface area contributed by atoms with E-state index in [-0.39, 0.29) is 27.4 Å². The van der Waals surface area contributed by atoms with Crippen LogP contribution in [-0.4, -0.2) is 49.8 Å². The molecule has 0 saturated heterocycles. The van der Waals surface area contributed by atoms with Gasteiger partial charge in [0.1, 0.15) is 0 Å². The quantitative estimate of drug-likeness (QED) is 0.640. The first-order valence-corrected chi connectivity index (χ1v) is 11.3. The van der Waals surface area contributed by atoms with E-state index in [1.54, 1.807) is 13.8 Å². The molecule has 9 heteroatoms. The van der Waals surface area contributed by atoms with Crippen molar-refractivity contribution in [2.24, 2.45) is 0 Å². The van der Waals surface area contributed by atoms with Gasteiger partial charge in [0.05, 0.1) is 15.5 Å². The summed E-state index contributed by atoms with van der Waals surface area (Å²) in [6.45, 7) is 5.55. The van der Waals surface area contributed by atoms with E-state index in [9.17, 15) is 18.0 Å². The van der Waals surface area contributed by atoms with Crippen LogP contribution in [0, 0.1) is 0 Å². The van der Waals surface area contributed by atoms with Gasteiger partial charge in [-0.2, -0.15) is 4.31 Å². The maximum atomic E-state index is 12.7. The number of nitrogens with zero attached hydrogens (tertiary/aromatic N) is 1. The molecule has 0 bridgehead atoms. The predicted molar refractivity (Wildman–Crippen MR) is 107 cm³/mol. The van der Waals surface area contributed by atoms with Gasteiger partial charge in [0.15, 0.2) is 6.10 Å². The topological polar surface area (TPSA) is 92.8 Å². The molecule has 0 radical (unpaired) electrons. The Hall–Kier alpha value is -1.64. The van der Waals surface area contributed by atoms with Crippen molar-refractivity contribution < 1.29 is 22.7 Å². The van der Waals surface area contributed by atoms with Gasteiger partial charge in [-0.25, -0.2) is 13.2 Å². The van der Waals surface area contributed by atoms with Crippen molar-refractivity contribution in [3.05, 3.63) is 28.8 Å². The van der Waals surface area contributed by atoms with Crippen LogP contribution in [0.25, 0.3) is 0 Å². The molecule has 1 atom stereocenters. The van der Waals surface area contributed by atoms with Crippen molar-refractivity contribution in [1.82, 2.24) is 9.62 Å². The Morgan fingerprint density at radius 2 is 1.86 bits per heavy atom. The fraction of sp³-hybridized carbons (Fsp3) is 0.579. The number of amides is 1. The van der Waals surface area contributed by atoms with E-state index < -0.39 is 22.1 Å². The maximum Gasteiger partial charge on any atom is 0.340 e. The standard InChI is InChI=1S/C19H27ClN2O5S/c1-4-22(5-2)28(25,26)15-10-11-17(20)16(12-15)19(24)27-13(3)18(23)21-14-8-6-7-9-14/h10-14H,4-9H2,1-3H3,(H,21,23)/t13-/m0/s1. The highest BCUT2D eigenvalue weighted by Crippen LogP contribution is 2.24. The largest absolute Gasteiger partial charge is 0.449 e. The number of benzene rings is 1. The number of rotatable bonds is 8. The van der Waals surface area contributed by atoms with Crippen molar-refractivity contribution in [2.45, 2.75) is 63.5 Å². The third-order valence-corrected chi connectivity index (χ3v) is 7.23. The van der Waals surface area contributed by atoms with Gasteiger partial charge in [0.25, 0.3) is 5.91 Å². The Labute approximate surface area is 171 Å². The molecule has 0 spiro atoms. The lowest BCUT2D eigenvalue weighted by Gasteiger charge is -2.20. The zero-order chi connectivity index (χ0) is 20.9. The summed E-state index contributed by atoms with van der Waals surface area (Å²) in [6.07, 6.45) is 2.98. The van der Waals surface area contributed by atoms with Gasteiger partial charge in [-0.15, -0.1) is 0 Å². The summed E-state index contributed by atoms with van der Waals surface area (Å²) in [5.41, 5.74) is -0.0876. The lowest BCUT2D eigenvalue weighted by molar-refractivity contribution is -0.129. The van der Waals surface area contributed by atoms with Crippen molar-refractivity contribution in [2.75, 3.05) is 13.1 Å². The van der Waals surface area contributed by atoms with E-state index in [2.05, 4.69) is 5.32 Å². The Balaban J connectivity index is 2.15. The first-order valence-electron chi connectivity index (χ1n) is 9.51. The Kier molecular flexibility index (Phi) is 7.86. The van der Waals surface area contributed by atoms with Crippen LogP contribution in [0.5, 0.6) is 0 Å². The molecule has 1 saturated carbocycles. The van der Waals surface area contributed by atoms with Crippen LogP contribution < -0.4 is 5.32 Å². The molecule has 1 aromatic carbocycles. The van der Waals surface area contributed by atoms with Crippen LogP contribution in [0.15, 0.2) is 23.1 Å². The molecule has 156 valence electrons. The van der Waals surface area contributed by atoms with Crippen molar-refractivity contribution in [3.8, 4) is 0 Å². The number of hydrogen-bond donors (Lipinski definition) is 1. The van der Waals surface area contributed by atoms with E-state index in [0.717, 1.165) is 25.7 Å². The second kappa shape index (κ2) is 9.71. The molecule has 1 aromatic rings. The summed E-state index contributed by atoms with van der Waals surface area (Å²) >= 11 is 6.08. The molecular formula is C19H27ClN2O5S. The third kappa shape index (κ3) is 5.24. The van der Waals surface area contributed by atoms with Gasteiger partial charge >= 0.3 is 5.97 Å². The van der Waals surface area contributed by atoms with Crippen molar-refractivity contribution in [1.29, 1.82) is 0 Å². The molecule has 0 aliphatic heterocycles. The fourth-order valence-corrected chi connectivity index (χ4v) is 4.88. The number of esters is 1. The van der Waals surface area contributed by atoms with Crippen LogP contribution in [0.2, 0.25) is 5.02 Å². The highest BCUT2D eigenvalue weighted by molar-refractivity contribution is 7.89. The summed E-state index contributed by atoms with van der Waals surface area (Å²) in [6, 6.07) is 4.00. The van der Waals surface area contributed by atoms with Gasteiger partial charge in [0, 0.05) is 19.1 Å². The van der Waals surface area contributed by atoms with E-state index in [1.165, 1.54) is 29.4 Å². The molecule has 1 amide bonds. The Morgan fingerprint density at radius 1 is 1.25 bits per heavy atom. The average molecular weight is 431 g/mol. The zero-order valence-electron chi connectivity index (χ0n) is 16.4. The van der Waals surface area contributed by atoms with E-state index >= 15 is 0 Å². The minimum atomic E-state index is -3.75. The monoisotopic (exact) mass is 430 g/mol. The molecule has 2 rings (SSSR count). The van der Waals surface area contributed by atoms with Crippen molar-refractivity contribution >= 4 is 33.5 Å². The van der Waals surface area contributed by atoms with Crippen LogP contribution in [0.1, 0.15) is 56.8 Å². The number of carbonyl (C=O) groups is 2. The summed E-state index contributed by atoms with van der Waals surface area (Å²) in [5.74, 6) is -1.21. The van der Waals surface area contributed by atoms with Gasteiger partial charge in [0.2, 0.25) is 10.0 Å². The molecule has 1 fully saturated rings. The zero-order valence-corrected chi connectivity index (χ0v) is 18.0. The number of hydrogen-bond acceptors (Lipinski definition) is 5. The molecule has 1 aliphatic carbocycles. The van der Waals surface area contributed by atoms with E-state index in [4.69, 9.17) is 16.3 Å². The van der Waals surface area contributed by atoms with Gasteiger partial charge < -0.3 is 10.1 Å². The number of halogens is 1. The average Bonchev–Trinajstić information content (AvgIpc) is 3.15. The smallest absolute Gasteiger partial charge is 0.340 e.